The Morgan fingerprint density at radius 2 is 1.76 bits per heavy atom. The van der Waals surface area contributed by atoms with Gasteiger partial charge in [-0.2, -0.15) is 0 Å². The van der Waals surface area contributed by atoms with Crippen molar-refractivity contribution in [1.29, 1.82) is 0 Å². The fourth-order valence-corrected chi connectivity index (χ4v) is 4.64. The molecular formula is C18H18FNO4S. The van der Waals surface area contributed by atoms with E-state index >= 15 is 0 Å². The number of sulfonamides is 1. The van der Waals surface area contributed by atoms with Crippen molar-refractivity contribution >= 4 is 21.7 Å². The Kier molecular flexibility index (Phi) is 4.51. The monoisotopic (exact) mass is 363 g/mol. The van der Waals surface area contributed by atoms with E-state index in [1.165, 1.54) is 0 Å². The van der Waals surface area contributed by atoms with E-state index in [-0.39, 0.29) is 18.7 Å². The summed E-state index contributed by atoms with van der Waals surface area (Å²) in [6.07, 6.45) is -0.749. The molecule has 1 heterocycles. The van der Waals surface area contributed by atoms with E-state index in [1.807, 2.05) is 0 Å². The molecule has 0 amide bonds. The lowest BCUT2D eigenvalue weighted by Crippen LogP contribution is -2.39. The molecule has 5 nitrogen and oxygen atoms in total. The van der Waals surface area contributed by atoms with Crippen LogP contribution in [0, 0.1) is 0 Å². The van der Waals surface area contributed by atoms with Crippen molar-refractivity contribution in [3.05, 3.63) is 65.7 Å². The number of para-hydroxylation sites is 1. The number of aliphatic carboxylic acids is 1. The molecule has 2 aromatic carbocycles. The van der Waals surface area contributed by atoms with Gasteiger partial charge in [-0.25, -0.2) is 17.6 Å². The molecule has 2 aromatic rings. The SMILES string of the molecule is O=C(O)C1(F)CCN(S(=O)(=O)Cc2ccccc2)c2ccccc2C1. The lowest BCUT2D eigenvalue weighted by Gasteiger charge is -2.24. The van der Waals surface area contributed by atoms with Gasteiger partial charge in [-0.1, -0.05) is 48.5 Å². The Balaban J connectivity index is 2.00. The van der Waals surface area contributed by atoms with E-state index in [0.29, 0.717) is 16.8 Å². The van der Waals surface area contributed by atoms with Crippen molar-refractivity contribution in [3.8, 4) is 0 Å². The number of fused-ring (bicyclic) bond motifs is 1. The molecular weight excluding hydrogens is 345 g/mol. The molecule has 0 bridgehead atoms. The first kappa shape index (κ1) is 17.4. The Hall–Kier alpha value is -2.41. The van der Waals surface area contributed by atoms with Crippen molar-refractivity contribution in [2.45, 2.75) is 24.3 Å². The average molecular weight is 363 g/mol. The van der Waals surface area contributed by atoms with Crippen LogP contribution in [-0.4, -0.2) is 31.7 Å². The highest BCUT2D eigenvalue weighted by Gasteiger charge is 2.43. The van der Waals surface area contributed by atoms with Gasteiger partial charge in [-0.05, 0) is 17.2 Å². The van der Waals surface area contributed by atoms with Gasteiger partial charge in [0.05, 0.1) is 11.4 Å². The zero-order valence-corrected chi connectivity index (χ0v) is 14.2. The number of carboxylic acid groups (broad SMARTS) is 1. The van der Waals surface area contributed by atoms with E-state index in [0.717, 1.165) is 4.31 Å². The minimum atomic E-state index is -3.78. The topological polar surface area (TPSA) is 74.7 Å². The van der Waals surface area contributed by atoms with Crippen LogP contribution < -0.4 is 4.31 Å². The third kappa shape index (κ3) is 3.51. The minimum Gasteiger partial charge on any atom is -0.479 e. The molecule has 0 saturated carbocycles. The van der Waals surface area contributed by atoms with Crippen molar-refractivity contribution in [2.75, 3.05) is 10.8 Å². The van der Waals surface area contributed by atoms with Crippen LogP contribution in [0.4, 0.5) is 10.1 Å². The van der Waals surface area contributed by atoms with Crippen LogP contribution in [0.15, 0.2) is 54.6 Å². The highest BCUT2D eigenvalue weighted by atomic mass is 32.2. The predicted octanol–water partition coefficient (Wildman–Crippen LogP) is 2.76. The standard InChI is InChI=1S/C18H18FNO4S/c19-18(17(21)22)10-11-20(16-9-5-4-8-15(16)12-18)25(23,24)13-14-6-2-1-3-7-14/h1-9H,10-13H2,(H,21,22). The number of carbonyl (C=O) groups is 1. The number of rotatable bonds is 4. The summed E-state index contributed by atoms with van der Waals surface area (Å²) in [6, 6.07) is 15.2. The predicted molar refractivity (Wildman–Crippen MR) is 92.6 cm³/mol. The maximum atomic E-state index is 14.8. The van der Waals surface area contributed by atoms with Gasteiger partial charge in [0.1, 0.15) is 0 Å². The third-order valence-corrected chi connectivity index (χ3v) is 6.10. The molecule has 1 unspecified atom stereocenters. The first-order chi connectivity index (χ1) is 11.8. The number of halogens is 1. The number of hydrogen-bond donors (Lipinski definition) is 1. The summed E-state index contributed by atoms with van der Waals surface area (Å²) in [5.74, 6) is -1.79. The second kappa shape index (κ2) is 6.48. The summed E-state index contributed by atoms with van der Waals surface area (Å²) in [4.78, 5) is 11.3. The van der Waals surface area contributed by atoms with Crippen LogP contribution in [-0.2, 0) is 27.0 Å². The van der Waals surface area contributed by atoms with Crippen LogP contribution in [0.1, 0.15) is 17.5 Å². The summed E-state index contributed by atoms with van der Waals surface area (Å²) < 4.78 is 41.8. The smallest absolute Gasteiger partial charge is 0.341 e. The second-order valence-electron chi connectivity index (χ2n) is 6.14. The van der Waals surface area contributed by atoms with Crippen molar-refractivity contribution < 1.29 is 22.7 Å². The Morgan fingerprint density at radius 3 is 2.44 bits per heavy atom. The summed E-state index contributed by atoms with van der Waals surface area (Å²) in [6.45, 7) is -0.213. The van der Waals surface area contributed by atoms with Gasteiger partial charge in [-0.15, -0.1) is 0 Å². The highest BCUT2D eigenvalue weighted by Crippen LogP contribution is 2.35. The molecule has 0 radical (unpaired) electrons. The summed E-state index contributed by atoms with van der Waals surface area (Å²) in [5, 5.41) is 9.23. The maximum Gasteiger partial charge on any atom is 0.341 e. The van der Waals surface area contributed by atoms with Crippen LogP contribution in [0.2, 0.25) is 0 Å². The average Bonchev–Trinajstić information content (AvgIpc) is 2.72. The van der Waals surface area contributed by atoms with Crippen molar-refractivity contribution in [1.82, 2.24) is 0 Å². The third-order valence-electron chi connectivity index (χ3n) is 4.35. The number of carboxylic acids is 1. The number of benzene rings is 2. The molecule has 132 valence electrons. The Bertz CT molecular complexity index is 885. The lowest BCUT2D eigenvalue weighted by atomic mass is 9.94. The minimum absolute atomic E-state index is 0.213. The quantitative estimate of drug-likeness (QED) is 0.906. The van der Waals surface area contributed by atoms with Gasteiger partial charge in [0.15, 0.2) is 0 Å². The van der Waals surface area contributed by atoms with E-state index in [9.17, 15) is 22.7 Å². The van der Waals surface area contributed by atoms with Gasteiger partial charge in [0.25, 0.3) is 0 Å². The van der Waals surface area contributed by atoms with Gasteiger partial charge < -0.3 is 5.11 Å². The Labute approximate surface area is 145 Å². The number of anilines is 1. The normalized spacial score (nSPS) is 20.6. The van der Waals surface area contributed by atoms with E-state index < -0.39 is 28.1 Å². The highest BCUT2D eigenvalue weighted by molar-refractivity contribution is 7.92. The van der Waals surface area contributed by atoms with Crippen LogP contribution >= 0.6 is 0 Å². The Morgan fingerprint density at radius 1 is 1.12 bits per heavy atom. The molecule has 1 aliphatic rings. The van der Waals surface area contributed by atoms with Gasteiger partial charge in [-0.3, -0.25) is 4.31 Å². The zero-order chi connectivity index (χ0) is 18.1. The maximum absolute atomic E-state index is 14.8. The molecule has 1 atom stereocenters. The number of hydrogen-bond acceptors (Lipinski definition) is 3. The molecule has 1 aliphatic heterocycles. The first-order valence-corrected chi connectivity index (χ1v) is 9.47. The van der Waals surface area contributed by atoms with E-state index in [4.69, 9.17) is 0 Å². The van der Waals surface area contributed by atoms with Gasteiger partial charge in [0, 0.05) is 19.4 Å². The molecule has 0 aliphatic carbocycles. The van der Waals surface area contributed by atoms with Crippen molar-refractivity contribution in [3.63, 3.8) is 0 Å². The number of nitrogens with zero attached hydrogens (tertiary/aromatic N) is 1. The second-order valence-corrected chi connectivity index (χ2v) is 8.03. The van der Waals surface area contributed by atoms with Gasteiger partial charge in [0.2, 0.25) is 15.7 Å². The molecule has 0 fully saturated rings. The molecule has 0 aromatic heterocycles. The first-order valence-electron chi connectivity index (χ1n) is 7.86. The van der Waals surface area contributed by atoms with Crippen LogP contribution in [0.25, 0.3) is 0 Å². The fraction of sp³-hybridized carbons (Fsp3) is 0.278. The summed E-state index contributed by atoms with van der Waals surface area (Å²) in [5.41, 5.74) is -1.14. The van der Waals surface area contributed by atoms with Crippen LogP contribution in [0.5, 0.6) is 0 Å². The van der Waals surface area contributed by atoms with E-state index in [1.54, 1.807) is 54.6 Å². The molecule has 1 N–H and O–H groups in total. The molecule has 0 spiro atoms. The van der Waals surface area contributed by atoms with Crippen molar-refractivity contribution in [2.24, 2.45) is 0 Å². The van der Waals surface area contributed by atoms with E-state index in [2.05, 4.69) is 0 Å². The summed E-state index contributed by atoms with van der Waals surface area (Å²) in [7, 11) is -3.78. The zero-order valence-electron chi connectivity index (χ0n) is 13.4. The number of alkyl halides is 1. The molecule has 3 rings (SSSR count). The molecule has 7 heteroatoms. The summed E-state index contributed by atoms with van der Waals surface area (Å²) >= 11 is 0. The molecule has 25 heavy (non-hydrogen) atoms. The van der Waals surface area contributed by atoms with Crippen LogP contribution in [0.3, 0.4) is 0 Å². The lowest BCUT2D eigenvalue weighted by molar-refractivity contribution is -0.151. The fourth-order valence-electron chi connectivity index (χ4n) is 3.03. The molecule has 0 saturated heterocycles. The largest absolute Gasteiger partial charge is 0.479 e. The van der Waals surface area contributed by atoms with Gasteiger partial charge >= 0.3 is 5.97 Å².